The molecular weight excluding hydrogens is 524 g/mol. The maximum atomic E-state index is 13.0. The van der Waals surface area contributed by atoms with E-state index in [4.69, 9.17) is 4.74 Å². The van der Waals surface area contributed by atoms with Gasteiger partial charge in [0.25, 0.3) is 15.9 Å². The topological polar surface area (TPSA) is 112 Å². The van der Waals surface area contributed by atoms with Gasteiger partial charge in [-0.1, -0.05) is 69.2 Å². The van der Waals surface area contributed by atoms with Crippen LogP contribution in [0.2, 0.25) is 0 Å². The van der Waals surface area contributed by atoms with Gasteiger partial charge in [0, 0.05) is 30.7 Å². The molecule has 0 unspecified atom stereocenters. The Morgan fingerprint density at radius 2 is 1.62 bits per heavy atom. The van der Waals surface area contributed by atoms with Crippen LogP contribution in [0.25, 0.3) is 0 Å². The minimum absolute atomic E-state index is 0.130. The summed E-state index contributed by atoms with van der Waals surface area (Å²) in [5.41, 5.74) is 4.23. The number of hydrogen-bond donors (Lipinski definition) is 4. The van der Waals surface area contributed by atoms with Crippen molar-refractivity contribution in [1.29, 1.82) is 0 Å². The molecule has 1 aromatic heterocycles. The molecule has 214 valence electrons. The molecule has 2 heterocycles. The number of para-hydroxylation sites is 2. The summed E-state index contributed by atoms with van der Waals surface area (Å²) >= 11 is 0. The molecule has 1 amide bonds. The quantitative estimate of drug-likeness (QED) is 0.296. The molecule has 0 saturated heterocycles. The standard InChI is InChI=1S/C31H40N4O4S/c1-39-29-12-8-7-11-26(29)35-40(37,38)25-15-13-23(14-16-25)21-32-30(36)27-19-24-22-33-31(20-28(24)34-27)17-9-5-3-2-4-6-10-18-31/h7-8,11-16,19,33-35H,2-6,9-10,17-18,20-22H2,1H3,(H,32,36). The number of nitrogens with one attached hydrogen (secondary N) is 4. The summed E-state index contributed by atoms with van der Waals surface area (Å²) < 4.78 is 33.5. The van der Waals surface area contributed by atoms with Crippen LogP contribution in [-0.4, -0.2) is 32.0 Å². The van der Waals surface area contributed by atoms with E-state index in [9.17, 15) is 13.2 Å². The van der Waals surface area contributed by atoms with Crippen LogP contribution in [0.4, 0.5) is 5.69 Å². The predicted octanol–water partition coefficient (Wildman–Crippen LogP) is 5.66. The van der Waals surface area contributed by atoms with Crippen molar-refractivity contribution < 1.29 is 17.9 Å². The molecule has 0 atom stereocenters. The van der Waals surface area contributed by atoms with E-state index >= 15 is 0 Å². The van der Waals surface area contributed by atoms with Gasteiger partial charge in [-0.05, 0) is 54.3 Å². The molecule has 2 aromatic carbocycles. The van der Waals surface area contributed by atoms with Crippen molar-refractivity contribution in [2.75, 3.05) is 11.8 Å². The van der Waals surface area contributed by atoms with Crippen molar-refractivity contribution in [2.45, 2.75) is 87.7 Å². The molecule has 2 aliphatic rings. The number of anilines is 1. The first-order valence-electron chi connectivity index (χ1n) is 14.4. The molecule has 40 heavy (non-hydrogen) atoms. The first kappa shape index (κ1) is 28.2. The van der Waals surface area contributed by atoms with E-state index in [1.807, 2.05) is 6.07 Å². The number of aromatic amines is 1. The van der Waals surface area contributed by atoms with Crippen molar-refractivity contribution in [3.8, 4) is 5.75 Å². The zero-order valence-corrected chi connectivity index (χ0v) is 24.0. The fraction of sp³-hybridized carbons (Fsp3) is 0.452. The molecule has 1 saturated carbocycles. The SMILES string of the molecule is COc1ccccc1NS(=O)(=O)c1ccc(CNC(=O)c2cc3c([nH]2)CC2(CCCCCCCCC2)NC3)cc1. The van der Waals surface area contributed by atoms with Crippen LogP contribution >= 0.6 is 0 Å². The Bertz CT molecular complexity index is 1410. The van der Waals surface area contributed by atoms with Crippen molar-refractivity contribution in [2.24, 2.45) is 0 Å². The minimum Gasteiger partial charge on any atom is -0.495 e. The Hall–Kier alpha value is -3.30. The first-order chi connectivity index (χ1) is 19.4. The summed E-state index contributed by atoms with van der Waals surface area (Å²) in [5.74, 6) is 0.279. The second-order valence-corrected chi connectivity index (χ2v) is 12.8. The number of aromatic nitrogens is 1. The number of amides is 1. The third-order valence-corrected chi connectivity index (χ3v) is 9.64. The van der Waals surface area contributed by atoms with Crippen molar-refractivity contribution in [3.05, 3.63) is 77.1 Å². The summed E-state index contributed by atoms with van der Waals surface area (Å²) in [6.07, 6.45) is 12.5. The van der Waals surface area contributed by atoms with Gasteiger partial charge in [0.1, 0.15) is 11.4 Å². The number of fused-ring (bicyclic) bond motifs is 1. The van der Waals surface area contributed by atoms with Crippen molar-refractivity contribution in [3.63, 3.8) is 0 Å². The molecule has 0 bridgehead atoms. The van der Waals surface area contributed by atoms with Crippen LogP contribution in [0, 0.1) is 0 Å². The number of methoxy groups -OCH3 is 1. The Labute approximate surface area is 237 Å². The summed E-state index contributed by atoms with van der Waals surface area (Å²) in [7, 11) is -2.29. The van der Waals surface area contributed by atoms with Gasteiger partial charge in [-0.15, -0.1) is 0 Å². The lowest BCUT2D eigenvalue weighted by molar-refractivity contribution is 0.0946. The Morgan fingerprint density at radius 1 is 0.950 bits per heavy atom. The first-order valence-corrected chi connectivity index (χ1v) is 15.8. The summed E-state index contributed by atoms with van der Waals surface area (Å²) in [5, 5.41) is 6.81. The predicted molar refractivity (Wildman–Crippen MR) is 157 cm³/mol. The molecule has 1 aliphatic carbocycles. The van der Waals surface area contributed by atoms with E-state index in [0.29, 0.717) is 23.7 Å². The Morgan fingerprint density at radius 3 is 2.33 bits per heavy atom. The largest absolute Gasteiger partial charge is 0.495 e. The lowest BCUT2D eigenvalue weighted by Crippen LogP contribution is -2.49. The number of H-pyrrole nitrogens is 1. The monoisotopic (exact) mass is 564 g/mol. The highest BCUT2D eigenvalue weighted by Crippen LogP contribution is 2.33. The van der Waals surface area contributed by atoms with Gasteiger partial charge in [-0.25, -0.2) is 8.42 Å². The highest BCUT2D eigenvalue weighted by Gasteiger charge is 2.34. The van der Waals surface area contributed by atoms with Crippen LogP contribution in [0.5, 0.6) is 5.75 Å². The van der Waals surface area contributed by atoms with Gasteiger partial charge in [0.05, 0.1) is 17.7 Å². The molecule has 1 aliphatic heterocycles. The maximum absolute atomic E-state index is 13.0. The fourth-order valence-electron chi connectivity index (χ4n) is 5.95. The van der Waals surface area contributed by atoms with E-state index in [1.54, 1.807) is 36.4 Å². The van der Waals surface area contributed by atoms with Crippen molar-refractivity contribution in [1.82, 2.24) is 15.6 Å². The molecule has 1 fully saturated rings. The second-order valence-electron chi connectivity index (χ2n) is 11.1. The molecule has 3 aromatic rings. The molecule has 4 N–H and O–H groups in total. The van der Waals surface area contributed by atoms with E-state index in [2.05, 4.69) is 20.3 Å². The molecule has 0 radical (unpaired) electrons. The number of carbonyl (C=O) groups is 1. The number of hydrogen-bond acceptors (Lipinski definition) is 5. The van der Waals surface area contributed by atoms with Crippen LogP contribution in [0.15, 0.2) is 59.5 Å². The third-order valence-electron chi connectivity index (χ3n) is 8.25. The van der Waals surface area contributed by atoms with E-state index in [-0.39, 0.29) is 16.3 Å². The van der Waals surface area contributed by atoms with Crippen molar-refractivity contribution >= 4 is 21.6 Å². The summed E-state index contributed by atoms with van der Waals surface area (Å²) in [6, 6.07) is 15.3. The third kappa shape index (κ3) is 6.70. The average Bonchev–Trinajstić information content (AvgIpc) is 3.39. The Balaban J connectivity index is 1.19. The maximum Gasteiger partial charge on any atom is 0.267 e. The number of carbonyl (C=O) groups excluding carboxylic acids is 1. The fourth-order valence-corrected chi connectivity index (χ4v) is 7.02. The zero-order valence-electron chi connectivity index (χ0n) is 23.2. The van der Waals surface area contributed by atoms with Gasteiger partial charge in [-0.2, -0.15) is 0 Å². The molecular formula is C31H40N4O4S. The van der Waals surface area contributed by atoms with E-state index in [1.165, 1.54) is 88.3 Å². The summed E-state index contributed by atoms with van der Waals surface area (Å²) in [6.45, 7) is 1.09. The minimum atomic E-state index is -3.79. The highest BCUT2D eigenvalue weighted by atomic mass is 32.2. The van der Waals surface area contributed by atoms with Crippen LogP contribution in [0.3, 0.4) is 0 Å². The number of sulfonamides is 1. The van der Waals surface area contributed by atoms with Crippen LogP contribution < -0.4 is 20.1 Å². The lowest BCUT2D eigenvalue weighted by atomic mass is 9.79. The van der Waals surface area contributed by atoms with Crippen LogP contribution in [0.1, 0.15) is 85.1 Å². The zero-order chi connectivity index (χ0) is 28.0. The number of benzene rings is 2. The van der Waals surface area contributed by atoms with E-state index < -0.39 is 10.0 Å². The van der Waals surface area contributed by atoms with Gasteiger partial charge in [0.2, 0.25) is 0 Å². The number of ether oxygens (including phenoxy) is 1. The molecule has 9 heteroatoms. The molecule has 5 rings (SSSR count). The van der Waals surface area contributed by atoms with Crippen LogP contribution in [-0.2, 0) is 29.5 Å². The summed E-state index contributed by atoms with van der Waals surface area (Å²) in [4.78, 5) is 16.5. The second kappa shape index (κ2) is 12.5. The van der Waals surface area contributed by atoms with Gasteiger partial charge in [-0.3, -0.25) is 9.52 Å². The van der Waals surface area contributed by atoms with E-state index in [0.717, 1.165) is 18.5 Å². The molecule has 8 nitrogen and oxygen atoms in total. The average molecular weight is 565 g/mol. The van der Waals surface area contributed by atoms with Gasteiger partial charge >= 0.3 is 0 Å². The molecule has 1 spiro atoms. The number of rotatable bonds is 7. The normalized spacial score (nSPS) is 17.5. The Kier molecular flexibility index (Phi) is 8.81. The smallest absolute Gasteiger partial charge is 0.267 e. The van der Waals surface area contributed by atoms with Gasteiger partial charge in [0.15, 0.2) is 0 Å². The lowest BCUT2D eigenvalue weighted by Gasteiger charge is -2.39. The highest BCUT2D eigenvalue weighted by molar-refractivity contribution is 7.92. The van der Waals surface area contributed by atoms with Gasteiger partial charge < -0.3 is 20.4 Å².